The highest BCUT2D eigenvalue weighted by molar-refractivity contribution is 4.72. The topological polar surface area (TPSA) is 122 Å². The minimum absolute atomic E-state index is 0.0838. The molecule has 0 aromatic carbocycles. The van der Waals surface area contributed by atoms with Gasteiger partial charge in [0.1, 0.15) is 30.5 Å². The Kier molecular flexibility index (Phi) is 32.5. The summed E-state index contributed by atoms with van der Waals surface area (Å²) >= 11 is 0. The van der Waals surface area contributed by atoms with Crippen LogP contribution in [-0.4, -0.2) is 141 Å². The van der Waals surface area contributed by atoms with E-state index in [1.165, 1.54) is 77.0 Å². The fourth-order valence-electron chi connectivity index (χ4n) is 5.03. The Morgan fingerprint density at radius 2 is 0.824 bits per heavy atom. The van der Waals surface area contributed by atoms with Crippen LogP contribution in [0.15, 0.2) is 0 Å². The van der Waals surface area contributed by atoms with Gasteiger partial charge in [0.05, 0.1) is 79.3 Å². The molecule has 306 valence electrons. The second-order valence-corrected chi connectivity index (χ2v) is 14.6. The second-order valence-electron chi connectivity index (χ2n) is 14.6. The summed E-state index contributed by atoms with van der Waals surface area (Å²) in [5.74, 6) is 0. The van der Waals surface area contributed by atoms with Crippen LogP contribution in [-0.2, 0) is 47.4 Å². The van der Waals surface area contributed by atoms with E-state index in [1.807, 2.05) is 27.7 Å². The fraction of sp³-hybridized carbons (Fsp3) is 1.00. The molecule has 2 saturated carbocycles. The monoisotopic (exact) mass is 737 g/mol. The van der Waals surface area contributed by atoms with E-state index in [-0.39, 0.29) is 30.8 Å². The molecule has 5 fully saturated rings. The molecule has 0 amide bonds. The van der Waals surface area contributed by atoms with Gasteiger partial charge in [-0.2, -0.15) is 0 Å². The van der Waals surface area contributed by atoms with E-state index in [9.17, 15) is 5.11 Å². The number of epoxide rings is 3. The largest absolute Gasteiger partial charge is 0.388 e. The van der Waals surface area contributed by atoms with Crippen molar-refractivity contribution < 1.29 is 52.5 Å². The summed E-state index contributed by atoms with van der Waals surface area (Å²) in [6.07, 6.45) is 18.3. The Labute approximate surface area is 312 Å². The summed E-state index contributed by atoms with van der Waals surface area (Å²) in [5.41, 5.74) is -0.0838. The van der Waals surface area contributed by atoms with Crippen LogP contribution in [0.2, 0.25) is 0 Å². The highest BCUT2D eigenvalue weighted by atomic mass is 16.6. The average molecular weight is 737 g/mol. The minimum atomic E-state index is -0.640. The third kappa shape index (κ3) is 36.3. The summed E-state index contributed by atoms with van der Waals surface area (Å²) in [6.45, 7) is 22.2. The van der Waals surface area contributed by atoms with E-state index in [2.05, 4.69) is 13.8 Å². The molecule has 0 aromatic heterocycles. The number of aliphatic hydroxyl groups excluding tert-OH is 1. The van der Waals surface area contributed by atoms with Crippen molar-refractivity contribution in [1.82, 2.24) is 0 Å². The number of rotatable bonds is 23. The summed E-state index contributed by atoms with van der Waals surface area (Å²) < 4.78 is 52.8. The predicted molar refractivity (Wildman–Crippen MR) is 202 cm³/mol. The van der Waals surface area contributed by atoms with Crippen LogP contribution < -0.4 is 0 Å². The lowest BCUT2D eigenvalue weighted by atomic mass is 9.96. The van der Waals surface area contributed by atoms with Gasteiger partial charge >= 0.3 is 0 Å². The van der Waals surface area contributed by atoms with Crippen molar-refractivity contribution in [1.29, 1.82) is 0 Å². The summed E-state index contributed by atoms with van der Waals surface area (Å²) in [6, 6.07) is 0. The van der Waals surface area contributed by atoms with E-state index in [0.29, 0.717) is 58.5 Å². The molecule has 1 N–H and O–H groups in total. The van der Waals surface area contributed by atoms with Gasteiger partial charge in [0.25, 0.3) is 0 Å². The zero-order chi connectivity index (χ0) is 37.3. The van der Waals surface area contributed by atoms with Gasteiger partial charge in [-0.15, -0.1) is 0 Å². The molecule has 11 heteroatoms. The van der Waals surface area contributed by atoms with Crippen molar-refractivity contribution in [2.24, 2.45) is 5.41 Å². The molecule has 3 saturated heterocycles. The minimum Gasteiger partial charge on any atom is -0.388 e. The molecule has 51 heavy (non-hydrogen) atoms. The number of ether oxygens (including phenoxy) is 10. The van der Waals surface area contributed by atoms with Crippen LogP contribution in [0.5, 0.6) is 0 Å². The van der Waals surface area contributed by atoms with Gasteiger partial charge in [-0.1, -0.05) is 90.9 Å². The maximum absolute atomic E-state index is 9.80. The van der Waals surface area contributed by atoms with Crippen molar-refractivity contribution in [2.45, 2.75) is 149 Å². The predicted octanol–water partition coefficient (Wildman–Crippen LogP) is 6.79. The Bertz CT molecular complexity index is 657. The first-order valence-electron chi connectivity index (χ1n) is 20.4. The first kappa shape index (κ1) is 48.6. The molecule has 3 aliphatic heterocycles. The molecule has 5 unspecified atom stereocenters. The van der Waals surface area contributed by atoms with Crippen molar-refractivity contribution in [3.63, 3.8) is 0 Å². The lowest BCUT2D eigenvalue weighted by Crippen LogP contribution is -2.33. The fourth-order valence-corrected chi connectivity index (χ4v) is 5.03. The van der Waals surface area contributed by atoms with Crippen molar-refractivity contribution in [3.05, 3.63) is 0 Å². The van der Waals surface area contributed by atoms with E-state index in [0.717, 1.165) is 46.2 Å². The molecule has 0 aromatic rings. The quantitative estimate of drug-likeness (QED) is 0.112. The molecule has 5 rings (SSSR count). The Morgan fingerprint density at radius 1 is 0.490 bits per heavy atom. The number of hydrogen-bond acceptors (Lipinski definition) is 11. The van der Waals surface area contributed by atoms with Crippen LogP contribution in [0.4, 0.5) is 0 Å². The molecule has 11 nitrogen and oxygen atoms in total. The lowest BCUT2D eigenvalue weighted by molar-refractivity contribution is -0.102. The SMILES string of the molecule is C1CCCCC1.C1CCCCC1.CCOCC(O)COC(COCC)COCC(C)(C)COCC1CO1.CCOCC1CO1.CCOCC1CO1. The molecule has 5 atom stereocenters. The van der Waals surface area contributed by atoms with Gasteiger partial charge in [0.2, 0.25) is 0 Å². The Balaban J connectivity index is 0.000000394. The van der Waals surface area contributed by atoms with Gasteiger partial charge < -0.3 is 52.5 Å². The smallest absolute Gasteiger partial charge is 0.104 e. The zero-order valence-corrected chi connectivity index (χ0v) is 33.7. The molecular formula is C40H80O11. The maximum Gasteiger partial charge on any atom is 0.104 e. The highest BCUT2D eigenvalue weighted by Gasteiger charge is 2.26. The normalized spacial score (nSPS) is 23.0. The molecule has 0 radical (unpaired) electrons. The average Bonchev–Trinajstić information content (AvgIpc) is 4.00. The molecule has 2 aliphatic carbocycles. The van der Waals surface area contributed by atoms with Crippen LogP contribution in [0.3, 0.4) is 0 Å². The summed E-state index contributed by atoms with van der Waals surface area (Å²) in [5, 5.41) is 9.80. The standard InChI is InChI=1S/C18H36O7.2C6H12.2C5H10O2/c1-5-20-7-15(19)8-24-16(9-21-6-2)10-22-13-18(3,4)14-23-11-17-12-25-17;2*1-2-4-6-5-3-1;2*1-2-6-3-5-4-7-5/h15-17,19H,5-14H2,1-4H3;2*1-6H2;2*5H,2-4H2,1H3. The van der Waals surface area contributed by atoms with Crippen molar-refractivity contribution in [3.8, 4) is 0 Å². The third-order valence-electron chi connectivity index (χ3n) is 8.36. The van der Waals surface area contributed by atoms with Crippen molar-refractivity contribution in [2.75, 3.05) is 106 Å². The van der Waals surface area contributed by atoms with E-state index >= 15 is 0 Å². The Morgan fingerprint density at radius 3 is 1.20 bits per heavy atom. The maximum atomic E-state index is 9.80. The Hall–Kier alpha value is -0.440. The van der Waals surface area contributed by atoms with Crippen LogP contribution in [0.1, 0.15) is 119 Å². The molecule has 0 bridgehead atoms. The summed E-state index contributed by atoms with van der Waals surface area (Å²) in [4.78, 5) is 0. The third-order valence-corrected chi connectivity index (χ3v) is 8.36. The number of hydrogen-bond donors (Lipinski definition) is 1. The van der Waals surface area contributed by atoms with Crippen LogP contribution in [0, 0.1) is 5.41 Å². The highest BCUT2D eigenvalue weighted by Crippen LogP contribution is 2.19. The molecule has 0 spiro atoms. The molecule has 3 heterocycles. The van der Waals surface area contributed by atoms with Gasteiger partial charge in [-0.05, 0) is 27.7 Å². The number of aliphatic hydroxyl groups is 1. The second kappa shape index (κ2) is 34.1. The van der Waals surface area contributed by atoms with E-state index in [1.54, 1.807) is 0 Å². The van der Waals surface area contributed by atoms with Gasteiger partial charge in [-0.25, -0.2) is 0 Å². The zero-order valence-electron chi connectivity index (χ0n) is 33.7. The van der Waals surface area contributed by atoms with E-state index < -0.39 is 6.10 Å². The van der Waals surface area contributed by atoms with Gasteiger partial charge in [0, 0.05) is 31.8 Å². The molecule has 5 aliphatic rings. The van der Waals surface area contributed by atoms with Crippen LogP contribution in [0.25, 0.3) is 0 Å². The first-order valence-corrected chi connectivity index (χ1v) is 20.4. The first-order chi connectivity index (χ1) is 24.8. The molecular weight excluding hydrogens is 656 g/mol. The lowest BCUT2D eigenvalue weighted by Gasteiger charge is -2.26. The van der Waals surface area contributed by atoms with Gasteiger partial charge in [0.15, 0.2) is 0 Å². The van der Waals surface area contributed by atoms with Crippen molar-refractivity contribution >= 4 is 0 Å². The van der Waals surface area contributed by atoms with E-state index in [4.69, 9.17) is 47.4 Å². The van der Waals surface area contributed by atoms with Gasteiger partial charge in [-0.3, -0.25) is 0 Å². The van der Waals surface area contributed by atoms with Crippen LogP contribution >= 0.6 is 0 Å². The summed E-state index contributed by atoms with van der Waals surface area (Å²) in [7, 11) is 0.